The van der Waals surface area contributed by atoms with Crippen LogP contribution in [-0.4, -0.2) is 37.6 Å². The molecule has 0 bridgehead atoms. The fraction of sp³-hybridized carbons (Fsp3) is 0.368. The standard InChI is InChI=1S/C19H27N5.HI/c1-3-24(18-11-5-4-6-12-18)15-9-14-22-19(20-2)23-16-17-10-7-8-13-21-17;/h4-8,10-13H,3,9,14-16H2,1-2H3,(H2,20,22,23);1H. The largest absolute Gasteiger partial charge is 0.372 e. The molecule has 0 atom stereocenters. The van der Waals surface area contributed by atoms with Crippen molar-refractivity contribution in [3.63, 3.8) is 0 Å². The minimum atomic E-state index is 0. The Morgan fingerprint density at radius 2 is 1.84 bits per heavy atom. The number of hydrogen-bond acceptors (Lipinski definition) is 3. The Kier molecular flexibility index (Phi) is 10.6. The highest BCUT2D eigenvalue weighted by Crippen LogP contribution is 2.12. The van der Waals surface area contributed by atoms with Crippen LogP contribution in [0.1, 0.15) is 19.0 Å². The van der Waals surface area contributed by atoms with Gasteiger partial charge in [-0.1, -0.05) is 24.3 Å². The van der Waals surface area contributed by atoms with E-state index in [0.717, 1.165) is 37.7 Å². The van der Waals surface area contributed by atoms with Gasteiger partial charge < -0.3 is 15.5 Å². The topological polar surface area (TPSA) is 52.5 Å². The van der Waals surface area contributed by atoms with E-state index in [1.165, 1.54) is 5.69 Å². The maximum Gasteiger partial charge on any atom is 0.191 e. The minimum absolute atomic E-state index is 0. The van der Waals surface area contributed by atoms with Crippen LogP contribution in [0.4, 0.5) is 5.69 Å². The second kappa shape index (κ2) is 12.5. The predicted octanol–water partition coefficient (Wildman–Crippen LogP) is 3.28. The first-order chi connectivity index (χ1) is 11.8. The third-order valence-electron chi connectivity index (χ3n) is 3.79. The number of nitrogens with zero attached hydrogens (tertiary/aromatic N) is 3. The van der Waals surface area contributed by atoms with Crippen molar-refractivity contribution in [2.45, 2.75) is 19.9 Å². The summed E-state index contributed by atoms with van der Waals surface area (Å²) in [6.07, 6.45) is 2.85. The van der Waals surface area contributed by atoms with Crippen LogP contribution in [0.25, 0.3) is 0 Å². The van der Waals surface area contributed by atoms with Crippen molar-refractivity contribution in [2.24, 2.45) is 4.99 Å². The number of hydrogen-bond donors (Lipinski definition) is 2. The molecular weight excluding hydrogens is 425 g/mol. The first-order valence-corrected chi connectivity index (χ1v) is 8.48. The Morgan fingerprint density at radius 3 is 2.48 bits per heavy atom. The summed E-state index contributed by atoms with van der Waals surface area (Å²) < 4.78 is 0. The fourth-order valence-corrected chi connectivity index (χ4v) is 2.48. The smallest absolute Gasteiger partial charge is 0.191 e. The van der Waals surface area contributed by atoms with Crippen molar-refractivity contribution in [1.82, 2.24) is 15.6 Å². The number of halogens is 1. The van der Waals surface area contributed by atoms with Crippen LogP contribution in [0, 0.1) is 0 Å². The van der Waals surface area contributed by atoms with E-state index in [0.29, 0.717) is 6.54 Å². The van der Waals surface area contributed by atoms with E-state index in [9.17, 15) is 0 Å². The highest BCUT2D eigenvalue weighted by atomic mass is 127. The van der Waals surface area contributed by atoms with Crippen molar-refractivity contribution >= 4 is 35.6 Å². The van der Waals surface area contributed by atoms with E-state index in [2.05, 4.69) is 62.8 Å². The third kappa shape index (κ3) is 7.72. The normalized spacial score (nSPS) is 10.7. The number of nitrogens with one attached hydrogen (secondary N) is 2. The third-order valence-corrected chi connectivity index (χ3v) is 3.79. The molecule has 2 rings (SSSR count). The van der Waals surface area contributed by atoms with Crippen LogP contribution in [0.3, 0.4) is 0 Å². The van der Waals surface area contributed by atoms with Crippen LogP contribution < -0.4 is 15.5 Å². The Balaban J connectivity index is 0.00000312. The first kappa shape index (κ1) is 21.2. The molecule has 0 amide bonds. The summed E-state index contributed by atoms with van der Waals surface area (Å²) in [4.78, 5) is 10.9. The van der Waals surface area contributed by atoms with Gasteiger partial charge >= 0.3 is 0 Å². The predicted molar refractivity (Wildman–Crippen MR) is 117 cm³/mol. The second-order valence-electron chi connectivity index (χ2n) is 5.44. The molecule has 0 spiro atoms. The number of aliphatic imine (C=N–C) groups is 1. The zero-order chi connectivity index (χ0) is 17.0. The molecule has 0 saturated heterocycles. The number of anilines is 1. The molecule has 1 heterocycles. The summed E-state index contributed by atoms with van der Waals surface area (Å²) >= 11 is 0. The first-order valence-electron chi connectivity index (χ1n) is 8.48. The van der Waals surface area contributed by atoms with E-state index in [-0.39, 0.29) is 24.0 Å². The zero-order valence-electron chi connectivity index (χ0n) is 15.0. The molecule has 0 unspecified atom stereocenters. The molecule has 25 heavy (non-hydrogen) atoms. The minimum Gasteiger partial charge on any atom is -0.372 e. The average Bonchev–Trinajstić information content (AvgIpc) is 2.65. The van der Waals surface area contributed by atoms with Gasteiger partial charge in [-0.05, 0) is 37.6 Å². The van der Waals surface area contributed by atoms with Gasteiger partial charge in [0.2, 0.25) is 0 Å². The molecule has 2 aromatic rings. The van der Waals surface area contributed by atoms with Gasteiger partial charge in [-0.2, -0.15) is 0 Å². The van der Waals surface area contributed by atoms with E-state index in [1.54, 1.807) is 13.2 Å². The Morgan fingerprint density at radius 1 is 1.08 bits per heavy atom. The van der Waals surface area contributed by atoms with Crippen LogP contribution >= 0.6 is 24.0 Å². The second-order valence-corrected chi connectivity index (χ2v) is 5.44. The summed E-state index contributed by atoms with van der Waals surface area (Å²) in [6, 6.07) is 16.4. The van der Waals surface area contributed by atoms with Crippen LogP contribution in [-0.2, 0) is 6.54 Å². The summed E-state index contributed by atoms with van der Waals surface area (Å²) in [5.74, 6) is 0.809. The molecular formula is C19H28IN5. The molecule has 136 valence electrons. The molecule has 0 radical (unpaired) electrons. The molecule has 2 N–H and O–H groups in total. The number of aromatic nitrogens is 1. The van der Waals surface area contributed by atoms with Crippen LogP contribution in [0.2, 0.25) is 0 Å². The summed E-state index contributed by atoms with van der Waals surface area (Å²) in [5.41, 5.74) is 2.28. The highest BCUT2D eigenvalue weighted by molar-refractivity contribution is 14.0. The summed E-state index contributed by atoms with van der Waals surface area (Å²) in [5, 5.41) is 6.64. The lowest BCUT2D eigenvalue weighted by Crippen LogP contribution is -2.38. The molecule has 5 nitrogen and oxygen atoms in total. The average molecular weight is 453 g/mol. The number of guanidine groups is 1. The lowest BCUT2D eigenvalue weighted by molar-refractivity contribution is 0.707. The van der Waals surface area contributed by atoms with Crippen molar-refractivity contribution < 1.29 is 0 Å². The van der Waals surface area contributed by atoms with Gasteiger partial charge in [0.25, 0.3) is 0 Å². The number of benzene rings is 1. The molecule has 0 aliphatic heterocycles. The van der Waals surface area contributed by atoms with E-state index in [4.69, 9.17) is 0 Å². The van der Waals surface area contributed by atoms with Crippen molar-refractivity contribution in [1.29, 1.82) is 0 Å². The van der Waals surface area contributed by atoms with Gasteiger partial charge in [0.05, 0.1) is 12.2 Å². The SMILES string of the molecule is CCN(CCCNC(=NC)NCc1ccccn1)c1ccccc1.I. The zero-order valence-corrected chi connectivity index (χ0v) is 17.3. The molecule has 1 aromatic carbocycles. The van der Waals surface area contributed by atoms with Gasteiger partial charge in [-0.25, -0.2) is 0 Å². The molecule has 6 heteroatoms. The summed E-state index contributed by atoms with van der Waals surface area (Å²) in [7, 11) is 1.79. The number of rotatable bonds is 8. The number of para-hydroxylation sites is 1. The van der Waals surface area contributed by atoms with Gasteiger partial charge in [-0.15, -0.1) is 24.0 Å². The van der Waals surface area contributed by atoms with E-state index in [1.807, 2.05) is 18.2 Å². The molecule has 0 fully saturated rings. The maximum atomic E-state index is 4.30. The van der Waals surface area contributed by atoms with Crippen molar-refractivity contribution in [2.75, 3.05) is 31.6 Å². The Bertz CT molecular complexity index is 604. The van der Waals surface area contributed by atoms with Gasteiger partial charge in [0, 0.05) is 38.6 Å². The highest BCUT2D eigenvalue weighted by Gasteiger charge is 2.03. The molecule has 0 aliphatic rings. The van der Waals surface area contributed by atoms with Gasteiger partial charge in [0.1, 0.15) is 0 Å². The van der Waals surface area contributed by atoms with E-state index >= 15 is 0 Å². The Hall–Kier alpha value is -1.83. The lowest BCUT2D eigenvalue weighted by atomic mass is 10.2. The number of pyridine rings is 1. The summed E-state index contributed by atoms with van der Waals surface area (Å²) in [6.45, 7) is 5.77. The van der Waals surface area contributed by atoms with Crippen molar-refractivity contribution in [3.05, 3.63) is 60.4 Å². The van der Waals surface area contributed by atoms with Crippen LogP contribution in [0.15, 0.2) is 59.7 Å². The lowest BCUT2D eigenvalue weighted by Gasteiger charge is -2.23. The fourth-order valence-electron chi connectivity index (χ4n) is 2.48. The van der Waals surface area contributed by atoms with Crippen LogP contribution in [0.5, 0.6) is 0 Å². The Labute approximate surface area is 168 Å². The van der Waals surface area contributed by atoms with Gasteiger partial charge in [0.15, 0.2) is 5.96 Å². The maximum absolute atomic E-state index is 4.30. The van der Waals surface area contributed by atoms with Gasteiger partial charge in [-0.3, -0.25) is 9.98 Å². The molecule has 1 aromatic heterocycles. The van der Waals surface area contributed by atoms with Crippen molar-refractivity contribution in [3.8, 4) is 0 Å². The molecule has 0 saturated carbocycles. The monoisotopic (exact) mass is 453 g/mol. The van der Waals surface area contributed by atoms with E-state index < -0.39 is 0 Å². The quantitative estimate of drug-likeness (QED) is 0.279. The molecule has 0 aliphatic carbocycles.